The molecule has 0 amide bonds. The van der Waals surface area contributed by atoms with Gasteiger partial charge in [-0.3, -0.25) is 9.59 Å². The average molecular weight is 370 g/mol. The molecular weight excluding hydrogens is 347 g/mol. The lowest BCUT2D eigenvalue weighted by molar-refractivity contribution is 0.0837. The Kier molecular flexibility index (Phi) is 5.92. The maximum atomic E-state index is 13.1. The van der Waals surface area contributed by atoms with Gasteiger partial charge in [-0.05, 0) is 60.9 Å². The molecule has 0 aliphatic heterocycles. The van der Waals surface area contributed by atoms with Crippen LogP contribution in [-0.2, 0) is 0 Å². The molecule has 2 aromatic rings. The molecule has 0 N–H and O–H groups in total. The first kappa shape index (κ1) is 18.8. The van der Waals surface area contributed by atoms with Gasteiger partial charge >= 0.3 is 0 Å². The molecule has 26 heavy (non-hydrogen) atoms. The van der Waals surface area contributed by atoms with Gasteiger partial charge in [-0.2, -0.15) is 0 Å². The molecule has 0 radical (unpaired) electrons. The smallest absolute Gasteiger partial charge is 0.163 e. The zero-order chi connectivity index (χ0) is 18.6. The molecule has 136 valence electrons. The molecule has 1 fully saturated rings. The zero-order valence-electron chi connectivity index (χ0n) is 15.0. The first-order valence-corrected chi connectivity index (χ1v) is 10.2. The first-order chi connectivity index (χ1) is 12.5. The predicted octanol–water partition coefficient (Wildman–Crippen LogP) is 5.95. The molecule has 4 heteroatoms. The number of ketones is 2. The third-order valence-corrected chi connectivity index (χ3v) is 6.06. The van der Waals surface area contributed by atoms with Gasteiger partial charge in [0.05, 0.1) is 0 Å². The summed E-state index contributed by atoms with van der Waals surface area (Å²) >= 11 is 1.65. The van der Waals surface area contributed by atoms with Crippen molar-refractivity contribution >= 4 is 23.3 Å². The number of rotatable bonds is 7. The summed E-state index contributed by atoms with van der Waals surface area (Å²) in [7, 11) is 0. The highest BCUT2D eigenvalue weighted by Crippen LogP contribution is 2.45. The molecule has 0 spiro atoms. The van der Waals surface area contributed by atoms with Crippen LogP contribution in [0.2, 0.25) is 0 Å². The molecule has 1 saturated carbocycles. The van der Waals surface area contributed by atoms with Gasteiger partial charge in [0.15, 0.2) is 11.6 Å². The van der Waals surface area contributed by atoms with Crippen LogP contribution in [0.3, 0.4) is 0 Å². The van der Waals surface area contributed by atoms with Crippen molar-refractivity contribution in [2.45, 2.75) is 43.4 Å². The molecule has 2 nitrogen and oxygen atoms in total. The van der Waals surface area contributed by atoms with E-state index in [0.717, 1.165) is 30.6 Å². The summed E-state index contributed by atoms with van der Waals surface area (Å²) in [4.78, 5) is 26.6. The Labute approximate surface area is 158 Å². The van der Waals surface area contributed by atoms with Crippen molar-refractivity contribution in [3.8, 4) is 0 Å². The van der Waals surface area contributed by atoms with E-state index in [2.05, 4.69) is 0 Å². The SMILES string of the molecule is CSc1ccc(C(=O)CC2(CC(=O)c3ccc(F)cc3)CCCC2)cc1. The second-order valence-corrected chi connectivity index (χ2v) is 8.02. The Hall–Kier alpha value is -1.94. The highest BCUT2D eigenvalue weighted by molar-refractivity contribution is 7.98. The van der Waals surface area contributed by atoms with E-state index < -0.39 is 0 Å². The number of halogens is 1. The van der Waals surface area contributed by atoms with Gasteiger partial charge in [0.25, 0.3) is 0 Å². The quantitative estimate of drug-likeness (QED) is 0.446. The number of thioether (sulfide) groups is 1. The van der Waals surface area contributed by atoms with Gasteiger partial charge in [-0.15, -0.1) is 11.8 Å². The van der Waals surface area contributed by atoms with E-state index in [0.29, 0.717) is 24.0 Å². The number of hydrogen-bond acceptors (Lipinski definition) is 3. The Morgan fingerprint density at radius 1 is 0.885 bits per heavy atom. The zero-order valence-corrected chi connectivity index (χ0v) is 15.8. The van der Waals surface area contributed by atoms with Crippen LogP contribution in [0, 0.1) is 11.2 Å². The van der Waals surface area contributed by atoms with Gasteiger partial charge in [0.2, 0.25) is 0 Å². The Morgan fingerprint density at radius 3 is 1.81 bits per heavy atom. The summed E-state index contributed by atoms with van der Waals surface area (Å²) in [5.74, 6) is -0.245. The highest BCUT2D eigenvalue weighted by atomic mass is 32.2. The van der Waals surface area contributed by atoms with Crippen LogP contribution < -0.4 is 0 Å². The summed E-state index contributed by atoms with van der Waals surface area (Å²) in [5, 5.41) is 0. The molecule has 1 aliphatic carbocycles. The minimum atomic E-state index is -0.346. The van der Waals surface area contributed by atoms with Crippen molar-refractivity contribution in [1.82, 2.24) is 0 Å². The molecule has 0 bridgehead atoms. The van der Waals surface area contributed by atoms with Crippen molar-refractivity contribution < 1.29 is 14.0 Å². The van der Waals surface area contributed by atoms with E-state index in [1.807, 2.05) is 30.5 Å². The van der Waals surface area contributed by atoms with Crippen molar-refractivity contribution in [2.75, 3.05) is 6.26 Å². The van der Waals surface area contributed by atoms with Crippen LogP contribution in [-0.4, -0.2) is 17.8 Å². The maximum Gasteiger partial charge on any atom is 0.163 e. The molecule has 1 aliphatic rings. The number of Topliss-reactive ketones (excluding diaryl/α,β-unsaturated/α-hetero) is 2. The van der Waals surface area contributed by atoms with Gasteiger partial charge in [-0.1, -0.05) is 25.0 Å². The second kappa shape index (κ2) is 8.17. The summed E-state index contributed by atoms with van der Waals surface area (Å²) in [6.07, 6.45) is 6.66. The van der Waals surface area contributed by atoms with Crippen molar-refractivity contribution in [3.05, 3.63) is 65.5 Å². The van der Waals surface area contributed by atoms with Crippen LogP contribution >= 0.6 is 11.8 Å². The molecule has 0 atom stereocenters. The molecule has 0 saturated heterocycles. The van der Waals surface area contributed by atoms with Crippen LogP contribution in [0.4, 0.5) is 4.39 Å². The number of benzene rings is 2. The van der Waals surface area contributed by atoms with Crippen LogP contribution in [0.5, 0.6) is 0 Å². The average Bonchev–Trinajstić information content (AvgIpc) is 3.10. The van der Waals surface area contributed by atoms with E-state index in [1.165, 1.54) is 24.3 Å². The Morgan fingerprint density at radius 2 is 1.35 bits per heavy atom. The monoisotopic (exact) mass is 370 g/mol. The van der Waals surface area contributed by atoms with Crippen molar-refractivity contribution in [3.63, 3.8) is 0 Å². The fourth-order valence-electron chi connectivity index (χ4n) is 3.84. The molecule has 3 rings (SSSR count). The van der Waals surface area contributed by atoms with E-state index >= 15 is 0 Å². The number of hydrogen-bond donors (Lipinski definition) is 0. The minimum absolute atomic E-state index is 0.00238. The van der Waals surface area contributed by atoms with E-state index in [1.54, 1.807) is 11.8 Å². The van der Waals surface area contributed by atoms with E-state index in [4.69, 9.17) is 0 Å². The number of carbonyl (C=O) groups excluding carboxylic acids is 2. The molecular formula is C22H23FO2S. The minimum Gasteiger partial charge on any atom is -0.294 e. The van der Waals surface area contributed by atoms with Gasteiger partial charge in [-0.25, -0.2) is 4.39 Å². The van der Waals surface area contributed by atoms with Crippen molar-refractivity contribution in [1.29, 1.82) is 0 Å². The summed E-state index contributed by atoms with van der Waals surface area (Å²) in [6.45, 7) is 0. The highest BCUT2D eigenvalue weighted by Gasteiger charge is 2.38. The molecule has 2 aromatic carbocycles. The van der Waals surface area contributed by atoms with Crippen LogP contribution in [0.1, 0.15) is 59.2 Å². The third kappa shape index (κ3) is 4.42. The van der Waals surface area contributed by atoms with Gasteiger partial charge in [0, 0.05) is 28.9 Å². The van der Waals surface area contributed by atoms with Gasteiger partial charge < -0.3 is 0 Å². The molecule has 0 aromatic heterocycles. The summed E-state index contributed by atoms with van der Waals surface area (Å²) in [5.41, 5.74) is 0.971. The lowest BCUT2D eigenvalue weighted by Gasteiger charge is -2.27. The van der Waals surface area contributed by atoms with Crippen LogP contribution in [0.15, 0.2) is 53.4 Å². The normalized spacial score (nSPS) is 15.8. The molecule has 0 unspecified atom stereocenters. The van der Waals surface area contributed by atoms with E-state index in [-0.39, 0.29) is 22.8 Å². The predicted molar refractivity (Wildman–Crippen MR) is 103 cm³/mol. The van der Waals surface area contributed by atoms with Gasteiger partial charge in [0.1, 0.15) is 5.82 Å². The lowest BCUT2D eigenvalue weighted by Crippen LogP contribution is -2.25. The standard InChI is InChI=1S/C22H23FO2S/c1-26-19-10-6-17(7-11-19)21(25)15-22(12-2-3-13-22)14-20(24)16-4-8-18(23)9-5-16/h4-11H,2-3,12-15H2,1H3. The third-order valence-electron chi connectivity index (χ3n) is 5.31. The largest absolute Gasteiger partial charge is 0.294 e. The fraction of sp³-hybridized carbons (Fsp3) is 0.364. The fourth-order valence-corrected chi connectivity index (χ4v) is 4.25. The van der Waals surface area contributed by atoms with Crippen LogP contribution in [0.25, 0.3) is 0 Å². The summed E-state index contributed by atoms with van der Waals surface area (Å²) in [6, 6.07) is 13.4. The Balaban J connectivity index is 1.73. The Bertz CT molecular complexity index is 775. The summed E-state index contributed by atoms with van der Waals surface area (Å²) < 4.78 is 13.1. The maximum absolute atomic E-state index is 13.1. The van der Waals surface area contributed by atoms with E-state index in [9.17, 15) is 14.0 Å². The second-order valence-electron chi connectivity index (χ2n) is 7.14. The topological polar surface area (TPSA) is 34.1 Å². The lowest BCUT2D eigenvalue weighted by atomic mass is 9.75. The molecule has 0 heterocycles. The number of carbonyl (C=O) groups is 2. The van der Waals surface area contributed by atoms with Crippen molar-refractivity contribution in [2.24, 2.45) is 5.41 Å². The first-order valence-electron chi connectivity index (χ1n) is 8.97.